The Balaban J connectivity index is 2.46. The molecule has 1 aromatic rings. The molecule has 0 aliphatic heterocycles. The monoisotopic (exact) mass is 238 g/mol. The number of benzene rings is 1. The van der Waals surface area contributed by atoms with Crippen molar-refractivity contribution in [3.8, 4) is 11.8 Å². The zero-order valence-corrected chi connectivity index (χ0v) is 10.3. The fourth-order valence-electron chi connectivity index (χ4n) is 1.25. The van der Waals surface area contributed by atoms with Gasteiger partial charge in [-0.25, -0.2) is 0 Å². The summed E-state index contributed by atoms with van der Waals surface area (Å²) in [5.74, 6) is 0.638. The van der Waals surface area contributed by atoms with Crippen molar-refractivity contribution in [2.24, 2.45) is 0 Å². The normalized spacial score (nSPS) is 10.2. The van der Waals surface area contributed by atoms with E-state index in [9.17, 15) is 0 Å². The van der Waals surface area contributed by atoms with Crippen LogP contribution >= 0.6 is 11.6 Å². The summed E-state index contributed by atoms with van der Waals surface area (Å²) in [6.45, 7) is 1.61. The summed E-state index contributed by atoms with van der Waals surface area (Å²) in [5, 5.41) is 9.16. The molecule has 3 nitrogen and oxygen atoms in total. The van der Waals surface area contributed by atoms with Gasteiger partial charge in [-0.05, 0) is 38.7 Å². The van der Waals surface area contributed by atoms with Gasteiger partial charge in [0.1, 0.15) is 5.75 Å². The van der Waals surface area contributed by atoms with E-state index in [-0.39, 0.29) is 0 Å². The van der Waals surface area contributed by atoms with Gasteiger partial charge in [0, 0.05) is 6.54 Å². The fraction of sp³-hybridized carbons (Fsp3) is 0.417. The Labute approximate surface area is 101 Å². The number of halogens is 1. The molecule has 0 fully saturated rings. The summed E-state index contributed by atoms with van der Waals surface area (Å²) in [6.07, 6.45) is 0.948. The molecule has 0 aromatic heterocycles. The third-order valence-corrected chi connectivity index (χ3v) is 2.36. The van der Waals surface area contributed by atoms with Crippen molar-refractivity contribution in [2.75, 3.05) is 27.2 Å². The van der Waals surface area contributed by atoms with Gasteiger partial charge >= 0.3 is 0 Å². The molecule has 0 N–H and O–H groups in total. The van der Waals surface area contributed by atoms with Gasteiger partial charge in [0.15, 0.2) is 0 Å². The summed E-state index contributed by atoms with van der Waals surface area (Å²) in [6, 6.07) is 7.08. The van der Waals surface area contributed by atoms with Crippen LogP contribution in [0.4, 0.5) is 0 Å². The van der Waals surface area contributed by atoms with Crippen molar-refractivity contribution in [3.05, 3.63) is 28.8 Å². The number of hydrogen-bond donors (Lipinski definition) is 0. The number of nitriles is 1. The van der Waals surface area contributed by atoms with E-state index in [2.05, 4.69) is 4.90 Å². The average molecular weight is 239 g/mol. The first-order valence-corrected chi connectivity index (χ1v) is 5.48. The van der Waals surface area contributed by atoms with Crippen LogP contribution in [0.1, 0.15) is 12.0 Å². The Bertz CT molecular complexity index is 385. The zero-order valence-electron chi connectivity index (χ0n) is 9.53. The predicted molar refractivity (Wildman–Crippen MR) is 64.8 cm³/mol. The van der Waals surface area contributed by atoms with E-state index in [4.69, 9.17) is 21.6 Å². The summed E-state index contributed by atoms with van der Waals surface area (Å²) < 4.78 is 5.52. The highest BCUT2D eigenvalue weighted by atomic mass is 35.5. The smallest absolute Gasteiger partial charge is 0.137 e. The molecule has 0 bridgehead atoms. The maximum Gasteiger partial charge on any atom is 0.137 e. The molecule has 0 saturated heterocycles. The van der Waals surface area contributed by atoms with Gasteiger partial charge in [0.25, 0.3) is 0 Å². The second-order valence-corrected chi connectivity index (χ2v) is 4.17. The molecule has 0 heterocycles. The number of ether oxygens (including phenoxy) is 1. The van der Waals surface area contributed by atoms with Gasteiger partial charge in [-0.2, -0.15) is 5.26 Å². The molecule has 0 aliphatic carbocycles. The standard InChI is InChI=1S/C12H15ClN2O/c1-15(2)6-3-7-16-12-5-4-10(9-14)8-11(12)13/h4-5,8H,3,6-7H2,1-2H3. The molecule has 86 valence electrons. The van der Waals surface area contributed by atoms with Crippen LogP contribution in [0.5, 0.6) is 5.75 Å². The molecular formula is C12H15ClN2O. The molecule has 1 rings (SSSR count). The van der Waals surface area contributed by atoms with Crippen molar-refractivity contribution in [1.82, 2.24) is 4.90 Å². The molecule has 4 heteroatoms. The Morgan fingerprint density at radius 1 is 1.44 bits per heavy atom. The SMILES string of the molecule is CN(C)CCCOc1ccc(C#N)cc1Cl. The van der Waals surface area contributed by atoms with E-state index in [0.29, 0.717) is 22.9 Å². The predicted octanol–water partition coefficient (Wildman–Crippen LogP) is 2.54. The van der Waals surface area contributed by atoms with E-state index < -0.39 is 0 Å². The number of rotatable bonds is 5. The van der Waals surface area contributed by atoms with Crippen molar-refractivity contribution in [2.45, 2.75) is 6.42 Å². The molecule has 0 aliphatic rings. The highest BCUT2D eigenvalue weighted by Gasteiger charge is 2.02. The summed E-state index contributed by atoms with van der Waals surface area (Å²) >= 11 is 5.96. The topological polar surface area (TPSA) is 36.3 Å². The Hall–Kier alpha value is -1.24. The van der Waals surface area contributed by atoms with E-state index in [1.807, 2.05) is 20.2 Å². The van der Waals surface area contributed by atoms with Gasteiger partial charge in [-0.1, -0.05) is 11.6 Å². The fourth-order valence-corrected chi connectivity index (χ4v) is 1.49. The molecule has 0 unspecified atom stereocenters. The van der Waals surface area contributed by atoms with Crippen LogP contribution in [0.2, 0.25) is 5.02 Å². The number of hydrogen-bond acceptors (Lipinski definition) is 3. The molecule has 16 heavy (non-hydrogen) atoms. The molecular weight excluding hydrogens is 224 g/mol. The van der Waals surface area contributed by atoms with Crippen molar-refractivity contribution in [3.63, 3.8) is 0 Å². The van der Waals surface area contributed by atoms with Gasteiger partial charge in [0.05, 0.1) is 23.3 Å². The Morgan fingerprint density at radius 3 is 2.75 bits per heavy atom. The van der Waals surface area contributed by atoms with E-state index in [1.54, 1.807) is 18.2 Å². The lowest BCUT2D eigenvalue weighted by Gasteiger charge is -2.11. The molecule has 0 spiro atoms. The van der Waals surface area contributed by atoms with Crippen LogP contribution in [0.3, 0.4) is 0 Å². The minimum atomic E-state index is 0.490. The third kappa shape index (κ3) is 4.09. The zero-order chi connectivity index (χ0) is 12.0. The molecule has 0 amide bonds. The maximum atomic E-state index is 8.67. The van der Waals surface area contributed by atoms with Crippen LogP contribution in [-0.2, 0) is 0 Å². The first-order valence-electron chi connectivity index (χ1n) is 5.10. The van der Waals surface area contributed by atoms with Gasteiger partial charge in [0.2, 0.25) is 0 Å². The maximum absolute atomic E-state index is 8.67. The second kappa shape index (κ2) is 6.37. The quantitative estimate of drug-likeness (QED) is 0.740. The molecule has 1 aromatic carbocycles. The van der Waals surface area contributed by atoms with Crippen molar-refractivity contribution >= 4 is 11.6 Å². The Morgan fingerprint density at radius 2 is 2.19 bits per heavy atom. The lowest BCUT2D eigenvalue weighted by atomic mass is 10.2. The third-order valence-electron chi connectivity index (χ3n) is 2.07. The summed E-state index contributed by atoms with van der Waals surface area (Å²) in [5.41, 5.74) is 0.547. The van der Waals surface area contributed by atoms with Crippen LogP contribution in [0, 0.1) is 11.3 Å². The highest BCUT2D eigenvalue weighted by molar-refractivity contribution is 6.32. The van der Waals surface area contributed by atoms with Crippen LogP contribution in [0.15, 0.2) is 18.2 Å². The van der Waals surface area contributed by atoms with Crippen molar-refractivity contribution < 1.29 is 4.74 Å². The second-order valence-electron chi connectivity index (χ2n) is 3.76. The largest absolute Gasteiger partial charge is 0.492 e. The lowest BCUT2D eigenvalue weighted by Crippen LogP contribution is -2.15. The lowest BCUT2D eigenvalue weighted by molar-refractivity contribution is 0.282. The van der Waals surface area contributed by atoms with Crippen molar-refractivity contribution in [1.29, 1.82) is 5.26 Å². The van der Waals surface area contributed by atoms with Crippen LogP contribution in [-0.4, -0.2) is 32.1 Å². The van der Waals surface area contributed by atoms with E-state index >= 15 is 0 Å². The molecule has 0 saturated carbocycles. The Kier molecular flexibility index (Phi) is 5.10. The van der Waals surface area contributed by atoms with Gasteiger partial charge < -0.3 is 9.64 Å². The van der Waals surface area contributed by atoms with E-state index in [1.165, 1.54) is 0 Å². The minimum absolute atomic E-state index is 0.490. The molecule has 0 atom stereocenters. The minimum Gasteiger partial charge on any atom is -0.492 e. The molecule has 0 radical (unpaired) electrons. The number of nitrogens with zero attached hydrogens (tertiary/aromatic N) is 2. The van der Waals surface area contributed by atoms with Gasteiger partial charge in [-0.3, -0.25) is 0 Å². The van der Waals surface area contributed by atoms with Crippen LogP contribution in [0.25, 0.3) is 0 Å². The summed E-state index contributed by atoms with van der Waals surface area (Å²) in [4.78, 5) is 2.10. The first kappa shape index (κ1) is 12.8. The first-order chi connectivity index (χ1) is 7.63. The average Bonchev–Trinajstić information content (AvgIpc) is 2.25. The summed E-state index contributed by atoms with van der Waals surface area (Å²) in [7, 11) is 4.05. The van der Waals surface area contributed by atoms with E-state index in [0.717, 1.165) is 13.0 Å². The highest BCUT2D eigenvalue weighted by Crippen LogP contribution is 2.25. The van der Waals surface area contributed by atoms with Gasteiger partial charge in [-0.15, -0.1) is 0 Å². The van der Waals surface area contributed by atoms with Crippen LogP contribution < -0.4 is 4.74 Å².